The van der Waals surface area contributed by atoms with E-state index in [1.807, 2.05) is 24.3 Å². The molecule has 2 rings (SSSR count). The van der Waals surface area contributed by atoms with Crippen LogP contribution in [0.5, 0.6) is 11.5 Å². The van der Waals surface area contributed by atoms with Crippen molar-refractivity contribution in [2.24, 2.45) is 0 Å². The highest BCUT2D eigenvalue weighted by Crippen LogP contribution is 2.22. The second kappa shape index (κ2) is 10.0. The number of benzene rings is 2. The number of anilines is 2. The molecule has 0 heterocycles. The number of phenols is 1. The summed E-state index contributed by atoms with van der Waals surface area (Å²) in [5.74, 6) is -1.07. The zero-order valence-electron chi connectivity index (χ0n) is 15.0. The van der Waals surface area contributed by atoms with Gasteiger partial charge in [0.1, 0.15) is 17.5 Å². The number of carbonyl (C=O) groups is 2. The topological polar surface area (TPSA) is 127 Å². The second-order valence-corrected chi connectivity index (χ2v) is 5.88. The van der Waals surface area contributed by atoms with Gasteiger partial charge in [-0.05, 0) is 24.3 Å². The number of ether oxygens (including phenoxy) is 1. The molecule has 2 aromatic carbocycles. The van der Waals surface area contributed by atoms with Gasteiger partial charge in [0.05, 0.1) is 38.3 Å². The molecule has 27 heavy (non-hydrogen) atoms. The van der Waals surface area contributed by atoms with Gasteiger partial charge in [0, 0.05) is 11.8 Å². The Balaban J connectivity index is 1.81. The summed E-state index contributed by atoms with van der Waals surface area (Å²) in [4.78, 5) is 23.3. The van der Waals surface area contributed by atoms with Gasteiger partial charge < -0.3 is 35.7 Å². The van der Waals surface area contributed by atoms with Crippen molar-refractivity contribution in [3.8, 4) is 11.5 Å². The normalized spacial score (nSPS) is 11.4. The number of nitrogens with one attached hydrogen (secondary N) is 2. The number of rotatable bonds is 10. The lowest BCUT2D eigenvalue weighted by Gasteiger charge is -2.17. The summed E-state index contributed by atoms with van der Waals surface area (Å²) in [6, 6.07) is 12.4. The van der Waals surface area contributed by atoms with Crippen LogP contribution in [0.1, 0.15) is 6.42 Å². The van der Waals surface area contributed by atoms with E-state index < -0.39 is 17.9 Å². The lowest BCUT2D eigenvalue weighted by molar-refractivity contribution is -0.680. The molecule has 0 fully saturated rings. The van der Waals surface area contributed by atoms with Gasteiger partial charge in [-0.1, -0.05) is 18.2 Å². The lowest BCUT2D eigenvalue weighted by atomic mass is 10.2. The summed E-state index contributed by atoms with van der Waals surface area (Å²) in [6.45, 7) is 0.911. The van der Waals surface area contributed by atoms with E-state index in [1.165, 1.54) is 12.1 Å². The summed E-state index contributed by atoms with van der Waals surface area (Å²) in [6.07, 6.45) is -0.243. The van der Waals surface area contributed by atoms with Gasteiger partial charge in [-0.15, -0.1) is 0 Å². The number of nitrogens with two attached hydrogens (primary N) is 1. The third kappa shape index (κ3) is 6.52. The van der Waals surface area contributed by atoms with Crippen molar-refractivity contribution >= 4 is 23.3 Å². The molecule has 2 aromatic rings. The Hall–Kier alpha value is -3.26. The van der Waals surface area contributed by atoms with Crippen LogP contribution in [0.15, 0.2) is 48.5 Å². The molecule has 0 aromatic heterocycles. The molecule has 0 spiro atoms. The predicted molar refractivity (Wildman–Crippen MR) is 98.4 cm³/mol. The van der Waals surface area contributed by atoms with E-state index in [2.05, 4.69) is 10.6 Å². The highest BCUT2D eigenvalue weighted by Gasteiger charge is 2.18. The molecule has 0 unspecified atom stereocenters. The molecule has 0 aliphatic rings. The van der Waals surface area contributed by atoms with Crippen molar-refractivity contribution in [1.82, 2.24) is 0 Å². The Bertz CT molecular complexity index is 781. The third-order valence-corrected chi connectivity index (χ3v) is 3.86. The van der Waals surface area contributed by atoms with Gasteiger partial charge >= 0.3 is 0 Å². The van der Waals surface area contributed by atoms with E-state index in [4.69, 9.17) is 4.74 Å². The van der Waals surface area contributed by atoms with Crippen LogP contribution in [-0.4, -0.2) is 43.2 Å². The molecular formula is C19H23N3O5. The average molecular weight is 373 g/mol. The van der Waals surface area contributed by atoms with Crippen LogP contribution >= 0.6 is 0 Å². The largest absolute Gasteiger partial charge is 0.544 e. The molecule has 144 valence electrons. The molecule has 1 amide bonds. The Labute approximate surface area is 157 Å². The Morgan fingerprint density at radius 1 is 1.22 bits per heavy atom. The number of carbonyl (C=O) groups excluding carboxylic acids is 2. The average Bonchev–Trinajstić information content (AvgIpc) is 2.64. The summed E-state index contributed by atoms with van der Waals surface area (Å²) in [5.41, 5.74) is 1.20. The number of carboxylic acid groups (broad SMARTS) is 1. The zero-order valence-corrected chi connectivity index (χ0v) is 15.0. The smallest absolute Gasteiger partial charge is 0.230 e. The maximum Gasteiger partial charge on any atom is 0.230 e. The summed E-state index contributed by atoms with van der Waals surface area (Å²) < 4.78 is 5.23. The third-order valence-electron chi connectivity index (χ3n) is 3.86. The van der Waals surface area contributed by atoms with Gasteiger partial charge in [-0.3, -0.25) is 4.79 Å². The van der Waals surface area contributed by atoms with E-state index in [0.29, 0.717) is 24.5 Å². The molecule has 5 N–H and O–H groups in total. The van der Waals surface area contributed by atoms with Crippen molar-refractivity contribution in [2.45, 2.75) is 12.5 Å². The number of aromatic hydroxyl groups is 1. The fraction of sp³-hybridized carbons (Fsp3) is 0.263. The van der Waals surface area contributed by atoms with Crippen molar-refractivity contribution in [3.05, 3.63) is 48.5 Å². The summed E-state index contributed by atoms with van der Waals surface area (Å²) in [5, 5.41) is 28.0. The van der Waals surface area contributed by atoms with Gasteiger partial charge in [0.2, 0.25) is 5.91 Å². The van der Waals surface area contributed by atoms with Crippen LogP contribution in [0.4, 0.5) is 11.4 Å². The highest BCUT2D eigenvalue weighted by atomic mass is 16.5. The predicted octanol–water partition coefficient (Wildman–Crippen LogP) is -0.477. The number of methoxy groups -OCH3 is 1. The van der Waals surface area contributed by atoms with Gasteiger partial charge in [-0.2, -0.15) is 0 Å². The Morgan fingerprint density at radius 3 is 2.70 bits per heavy atom. The van der Waals surface area contributed by atoms with Crippen molar-refractivity contribution in [3.63, 3.8) is 0 Å². The first-order chi connectivity index (χ1) is 13.0. The molecular weight excluding hydrogens is 350 g/mol. The minimum absolute atomic E-state index is 0.0122. The van der Waals surface area contributed by atoms with Crippen LogP contribution in [0.2, 0.25) is 0 Å². The first kappa shape index (κ1) is 20.1. The van der Waals surface area contributed by atoms with E-state index in [0.717, 1.165) is 5.69 Å². The maximum atomic E-state index is 12.0. The van der Waals surface area contributed by atoms with Gasteiger partial charge in [-0.25, -0.2) is 0 Å². The molecule has 0 saturated carbocycles. The standard InChI is InChI=1S/C19H23N3O5/c1-27-17-8-3-2-7-15(17)20-9-10-21-16(19(25)26)12-18(24)22-13-5-4-6-14(23)11-13/h2-8,11,16,20-21,23H,9-10,12H2,1H3,(H,22,24)(H,25,26)/t16-/m1/s1. The van der Waals surface area contributed by atoms with Crippen LogP contribution in [0.3, 0.4) is 0 Å². The van der Waals surface area contributed by atoms with Crippen LogP contribution in [0, 0.1) is 0 Å². The SMILES string of the molecule is COc1ccccc1NCC[NH2+][C@H](CC(=O)Nc1cccc(O)c1)C(=O)[O-]. The molecule has 0 bridgehead atoms. The fourth-order valence-electron chi connectivity index (χ4n) is 2.54. The molecule has 0 saturated heterocycles. The first-order valence-corrected chi connectivity index (χ1v) is 8.49. The van der Waals surface area contributed by atoms with Crippen LogP contribution < -0.4 is 25.8 Å². The van der Waals surface area contributed by atoms with Crippen LogP contribution in [-0.2, 0) is 9.59 Å². The number of para-hydroxylation sites is 2. The number of phenolic OH excluding ortho intramolecular Hbond substituents is 1. The maximum absolute atomic E-state index is 12.0. The van der Waals surface area contributed by atoms with Crippen molar-refractivity contribution in [1.29, 1.82) is 0 Å². The summed E-state index contributed by atoms with van der Waals surface area (Å²) >= 11 is 0. The van der Waals surface area contributed by atoms with E-state index in [9.17, 15) is 19.8 Å². The van der Waals surface area contributed by atoms with Gasteiger partial charge in [0.15, 0.2) is 0 Å². The molecule has 0 aliphatic heterocycles. The van der Waals surface area contributed by atoms with E-state index in [-0.39, 0.29) is 12.2 Å². The molecule has 8 nitrogen and oxygen atoms in total. The van der Waals surface area contributed by atoms with Gasteiger partial charge in [0.25, 0.3) is 0 Å². The van der Waals surface area contributed by atoms with E-state index in [1.54, 1.807) is 24.6 Å². The van der Waals surface area contributed by atoms with Crippen molar-refractivity contribution < 1.29 is 29.9 Å². The number of carboxylic acids is 1. The second-order valence-electron chi connectivity index (χ2n) is 5.88. The number of hydrogen-bond acceptors (Lipinski definition) is 6. The Morgan fingerprint density at radius 2 is 2.00 bits per heavy atom. The number of aliphatic carboxylic acids is 1. The number of amides is 1. The van der Waals surface area contributed by atoms with Crippen LogP contribution in [0.25, 0.3) is 0 Å². The molecule has 1 atom stereocenters. The zero-order chi connectivity index (χ0) is 19.6. The fourth-order valence-corrected chi connectivity index (χ4v) is 2.54. The highest BCUT2D eigenvalue weighted by molar-refractivity contribution is 5.93. The molecule has 0 radical (unpaired) electrons. The number of hydrogen-bond donors (Lipinski definition) is 4. The summed E-state index contributed by atoms with van der Waals surface area (Å²) in [7, 11) is 1.57. The lowest BCUT2D eigenvalue weighted by Crippen LogP contribution is -2.94. The number of quaternary nitrogens is 1. The van der Waals surface area contributed by atoms with Crippen molar-refractivity contribution in [2.75, 3.05) is 30.8 Å². The molecule has 0 aliphatic carbocycles. The quantitative estimate of drug-likeness (QED) is 0.417. The first-order valence-electron chi connectivity index (χ1n) is 8.49. The minimum atomic E-state index is -1.31. The molecule has 8 heteroatoms. The minimum Gasteiger partial charge on any atom is -0.544 e. The monoisotopic (exact) mass is 373 g/mol. The Kier molecular flexibility index (Phi) is 7.45. The van der Waals surface area contributed by atoms with E-state index >= 15 is 0 Å².